The van der Waals surface area contributed by atoms with E-state index in [9.17, 15) is 4.79 Å². The Morgan fingerprint density at radius 1 is 1.16 bits per heavy atom. The zero-order chi connectivity index (χ0) is 13.8. The van der Waals surface area contributed by atoms with Gasteiger partial charge in [0.1, 0.15) is 0 Å². The lowest BCUT2D eigenvalue weighted by Gasteiger charge is -2.07. The molecule has 2 aromatic rings. The highest BCUT2D eigenvalue weighted by Gasteiger charge is 2.07. The Morgan fingerprint density at radius 3 is 2.63 bits per heavy atom. The Hall–Kier alpha value is -1.33. The van der Waals surface area contributed by atoms with Crippen molar-refractivity contribution in [3.8, 4) is 0 Å². The van der Waals surface area contributed by atoms with Crippen LogP contribution in [0.5, 0.6) is 0 Å². The van der Waals surface area contributed by atoms with Gasteiger partial charge in [-0.25, -0.2) is 0 Å². The van der Waals surface area contributed by atoms with E-state index in [2.05, 4.69) is 37.2 Å². The molecule has 0 bridgehead atoms. The van der Waals surface area contributed by atoms with Crippen LogP contribution in [0.3, 0.4) is 0 Å². The number of carbonyl (C=O) groups is 1. The maximum absolute atomic E-state index is 12.0. The van der Waals surface area contributed by atoms with Gasteiger partial charge in [-0.3, -0.25) is 4.79 Å². The summed E-state index contributed by atoms with van der Waals surface area (Å²) in [6.45, 7) is 0.480. The van der Waals surface area contributed by atoms with E-state index >= 15 is 0 Å². The van der Waals surface area contributed by atoms with Gasteiger partial charge in [0.15, 0.2) is 0 Å². The number of hydrogen-bond acceptors (Lipinski definition) is 2. The molecule has 0 aromatic heterocycles. The molecule has 19 heavy (non-hydrogen) atoms. The standard InChI is InChI=1S/C14H12Br2N2O/c15-11-3-1-2-9(6-11)8-18-14(19)10-4-5-12(16)13(17)7-10/h1-7H,8,17H2,(H,18,19). The number of nitrogen functional groups attached to an aromatic ring is 1. The number of rotatable bonds is 3. The lowest BCUT2D eigenvalue weighted by Crippen LogP contribution is -2.22. The fraction of sp³-hybridized carbons (Fsp3) is 0.0714. The van der Waals surface area contributed by atoms with Gasteiger partial charge in [0.05, 0.1) is 0 Å². The average molecular weight is 384 g/mol. The Kier molecular flexibility index (Phi) is 4.61. The van der Waals surface area contributed by atoms with Gasteiger partial charge < -0.3 is 11.1 Å². The molecule has 0 aliphatic carbocycles. The maximum Gasteiger partial charge on any atom is 0.251 e. The minimum atomic E-state index is -0.140. The van der Waals surface area contributed by atoms with Crippen LogP contribution in [0.2, 0.25) is 0 Å². The molecule has 0 saturated carbocycles. The van der Waals surface area contributed by atoms with Crippen LogP contribution in [0, 0.1) is 0 Å². The van der Waals surface area contributed by atoms with Crippen molar-refractivity contribution < 1.29 is 4.79 Å². The van der Waals surface area contributed by atoms with E-state index < -0.39 is 0 Å². The fourth-order valence-electron chi connectivity index (χ4n) is 1.62. The van der Waals surface area contributed by atoms with Crippen LogP contribution in [0.4, 0.5) is 5.69 Å². The second kappa shape index (κ2) is 6.21. The summed E-state index contributed by atoms with van der Waals surface area (Å²) in [4.78, 5) is 12.0. The summed E-state index contributed by atoms with van der Waals surface area (Å²) in [5.41, 5.74) is 7.89. The van der Waals surface area contributed by atoms with Crippen molar-refractivity contribution in [2.75, 3.05) is 5.73 Å². The number of benzene rings is 2. The van der Waals surface area contributed by atoms with Crippen LogP contribution in [-0.4, -0.2) is 5.91 Å². The molecule has 98 valence electrons. The molecule has 0 radical (unpaired) electrons. The van der Waals surface area contributed by atoms with E-state index in [0.717, 1.165) is 14.5 Å². The van der Waals surface area contributed by atoms with E-state index in [0.29, 0.717) is 17.8 Å². The predicted octanol–water partition coefficient (Wildman–Crippen LogP) is 3.72. The molecule has 0 heterocycles. The quantitative estimate of drug-likeness (QED) is 0.793. The lowest BCUT2D eigenvalue weighted by molar-refractivity contribution is 0.0951. The third-order valence-electron chi connectivity index (χ3n) is 2.60. The third-order valence-corrected chi connectivity index (χ3v) is 3.82. The van der Waals surface area contributed by atoms with E-state index in [4.69, 9.17) is 5.73 Å². The molecule has 0 fully saturated rings. The summed E-state index contributed by atoms with van der Waals surface area (Å²) in [7, 11) is 0. The number of anilines is 1. The monoisotopic (exact) mass is 382 g/mol. The molecule has 1 amide bonds. The summed E-state index contributed by atoms with van der Waals surface area (Å²) in [6.07, 6.45) is 0. The van der Waals surface area contributed by atoms with Crippen molar-refractivity contribution in [1.29, 1.82) is 0 Å². The molecule has 3 nitrogen and oxygen atoms in total. The molecular weight excluding hydrogens is 372 g/mol. The molecular formula is C14H12Br2N2O. The first-order chi connectivity index (χ1) is 9.06. The molecule has 5 heteroatoms. The van der Waals surface area contributed by atoms with Crippen LogP contribution in [0.1, 0.15) is 15.9 Å². The van der Waals surface area contributed by atoms with Crippen molar-refractivity contribution in [3.05, 3.63) is 62.5 Å². The molecule has 0 spiro atoms. The van der Waals surface area contributed by atoms with Gasteiger partial charge in [-0.05, 0) is 51.8 Å². The van der Waals surface area contributed by atoms with Gasteiger partial charge in [0.2, 0.25) is 0 Å². The van der Waals surface area contributed by atoms with Crippen LogP contribution in [0.25, 0.3) is 0 Å². The summed E-state index contributed by atoms with van der Waals surface area (Å²) >= 11 is 6.70. The van der Waals surface area contributed by atoms with Crippen LogP contribution in [0.15, 0.2) is 51.4 Å². The Bertz CT molecular complexity index is 614. The van der Waals surface area contributed by atoms with Gasteiger partial charge in [-0.1, -0.05) is 28.1 Å². The fourth-order valence-corrected chi connectivity index (χ4v) is 2.31. The topological polar surface area (TPSA) is 55.1 Å². The highest BCUT2D eigenvalue weighted by molar-refractivity contribution is 9.10. The third kappa shape index (κ3) is 3.81. The number of hydrogen-bond donors (Lipinski definition) is 2. The number of nitrogens with one attached hydrogen (secondary N) is 1. The largest absolute Gasteiger partial charge is 0.398 e. The first-order valence-corrected chi connectivity index (χ1v) is 7.22. The van der Waals surface area contributed by atoms with E-state index in [1.807, 2.05) is 24.3 Å². The van der Waals surface area contributed by atoms with Crippen molar-refractivity contribution in [2.45, 2.75) is 6.54 Å². The van der Waals surface area contributed by atoms with Crippen molar-refractivity contribution in [2.24, 2.45) is 0 Å². The first-order valence-electron chi connectivity index (χ1n) is 5.64. The first kappa shape index (κ1) is 14.1. The van der Waals surface area contributed by atoms with E-state index in [1.54, 1.807) is 18.2 Å². The van der Waals surface area contributed by atoms with E-state index in [-0.39, 0.29) is 5.91 Å². The molecule has 0 atom stereocenters. The normalized spacial score (nSPS) is 10.2. The summed E-state index contributed by atoms with van der Waals surface area (Å²) in [5.74, 6) is -0.140. The molecule has 0 unspecified atom stereocenters. The molecule has 3 N–H and O–H groups in total. The molecule has 2 aromatic carbocycles. The zero-order valence-corrected chi connectivity index (χ0v) is 13.2. The smallest absolute Gasteiger partial charge is 0.251 e. The van der Waals surface area contributed by atoms with E-state index in [1.165, 1.54) is 0 Å². The Balaban J connectivity index is 2.03. The van der Waals surface area contributed by atoms with Gasteiger partial charge >= 0.3 is 0 Å². The summed E-state index contributed by atoms with van der Waals surface area (Å²) in [5, 5.41) is 2.86. The molecule has 0 aliphatic heterocycles. The average Bonchev–Trinajstić information content (AvgIpc) is 2.39. The molecule has 0 aliphatic rings. The number of amides is 1. The lowest BCUT2D eigenvalue weighted by atomic mass is 10.2. The van der Waals surface area contributed by atoms with Crippen LogP contribution in [-0.2, 0) is 6.54 Å². The summed E-state index contributed by atoms with van der Waals surface area (Å²) in [6, 6.07) is 13.0. The second-order valence-electron chi connectivity index (χ2n) is 4.05. The van der Waals surface area contributed by atoms with Crippen molar-refractivity contribution in [3.63, 3.8) is 0 Å². The molecule has 0 saturated heterocycles. The Labute approximate surface area is 128 Å². The SMILES string of the molecule is Nc1cc(C(=O)NCc2cccc(Br)c2)ccc1Br. The highest BCUT2D eigenvalue weighted by atomic mass is 79.9. The zero-order valence-electron chi connectivity index (χ0n) is 9.99. The number of halogens is 2. The van der Waals surface area contributed by atoms with Gasteiger partial charge in [0, 0.05) is 26.7 Å². The maximum atomic E-state index is 12.0. The number of carbonyl (C=O) groups excluding carboxylic acids is 1. The Morgan fingerprint density at radius 2 is 1.95 bits per heavy atom. The van der Waals surface area contributed by atoms with Crippen LogP contribution >= 0.6 is 31.9 Å². The van der Waals surface area contributed by atoms with Crippen LogP contribution < -0.4 is 11.1 Å². The molecule has 2 rings (SSSR count). The number of nitrogens with two attached hydrogens (primary N) is 1. The predicted molar refractivity (Wildman–Crippen MR) is 83.9 cm³/mol. The minimum Gasteiger partial charge on any atom is -0.398 e. The minimum absolute atomic E-state index is 0.140. The highest BCUT2D eigenvalue weighted by Crippen LogP contribution is 2.20. The van der Waals surface area contributed by atoms with Crippen molar-refractivity contribution in [1.82, 2.24) is 5.32 Å². The van der Waals surface area contributed by atoms with Gasteiger partial charge in [-0.15, -0.1) is 0 Å². The second-order valence-corrected chi connectivity index (χ2v) is 5.82. The van der Waals surface area contributed by atoms with Crippen molar-refractivity contribution >= 4 is 43.5 Å². The van der Waals surface area contributed by atoms with Gasteiger partial charge in [-0.2, -0.15) is 0 Å². The van der Waals surface area contributed by atoms with Gasteiger partial charge in [0.25, 0.3) is 5.91 Å². The summed E-state index contributed by atoms with van der Waals surface area (Å²) < 4.78 is 1.78.